The number of amides is 1. The molecule has 0 spiro atoms. The van der Waals surface area contributed by atoms with Crippen LogP contribution < -0.4 is 5.56 Å². The fourth-order valence-corrected chi connectivity index (χ4v) is 2.45. The van der Waals surface area contributed by atoms with Crippen molar-refractivity contribution in [2.75, 3.05) is 13.1 Å². The van der Waals surface area contributed by atoms with E-state index in [2.05, 4.69) is 15.0 Å². The maximum Gasteiger partial charge on any atom is 0.323 e. The number of aryl methyl sites for hydroxylation is 1. The molecule has 0 aromatic carbocycles. The van der Waals surface area contributed by atoms with Crippen molar-refractivity contribution < 1.29 is 14.7 Å². The van der Waals surface area contributed by atoms with Crippen LogP contribution in [0.1, 0.15) is 24.6 Å². The smallest absolute Gasteiger partial charge is 0.323 e. The summed E-state index contributed by atoms with van der Waals surface area (Å²) in [7, 11) is 0. The maximum absolute atomic E-state index is 12.4. The van der Waals surface area contributed by atoms with Gasteiger partial charge in [-0.25, -0.2) is 4.98 Å². The summed E-state index contributed by atoms with van der Waals surface area (Å²) in [6.07, 6.45) is 3.64. The van der Waals surface area contributed by atoms with E-state index >= 15 is 0 Å². The predicted octanol–water partition coefficient (Wildman–Crippen LogP) is 1.01. The molecule has 0 aliphatic carbocycles. The third-order valence-corrected chi connectivity index (χ3v) is 3.68. The van der Waals surface area contributed by atoms with Gasteiger partial charge in [0.2, 0.25) is 5.91 Å². The van der Waals surface area contributed by atoms with Crippen molar-refractivity contribution in [3.05, 3.63) is 46.1 Å². The minimum Gasteiger partial charge on any atom is -0.480 e. The molecule has 0 saturated heterocycles. The number of carbonyl (C=O) groups excluding carboxylic acids is 1. The number of pyridine rings is 1. The fraction of sp³-hybridized carbons (Fsp3) is 0.353. The quantitative estimate of drug-likeness (QED) is 0.774. The van der Waals surface area contributed by atoms with Gasteiger partial charge in [-0.2, -0.15) is 0 Å². The molecule has 0 aliphatic heterocycles. The Morgan fingerprint density at radius 2 is 1.96 bits per heavy atom. The normalized spacial score (nSPS) is 10.5. The van der Waals surface area contributed by atoms with Crippen molar-refractivity contribution in [2.45, 2.75) is 26.7 Å². The lowest BCUT2D eigenvalue weighted by atomic mass is 10.1. The summed E-state index contributed by atoms with van der Waals surface area (Å²) in [5.74, 6) is -1.09. The van der Waals surface area contributed by atoms with Gasteiger partial charge in [0.05, 0.1) is 6.42 Å². The van der Waals surface area contributed by atoms with Crippen molar-refractivity contribution >= 4 is 11.9 Å². The molecule has 0 unspecified atom stereocenters. The van der Waals surface area contributed by atoms with Crippen molar-refractivity contribution in [2.24, 2.45) is 0 Å². The zero-order chi connectivity index (χ0) is 18.4. The number of carboxylic acid groups (broad SMARTS) is 1. The number of aromatic nitrogens is 3. The van der Waals surface area contributed by atoms with Gasteiger partial charge in [0.25, 0.3) is 5.56 Å². The highest BCUT2D eigenvalue weighted by Crippen LogP contribution is 2.13. The van der Waals surface area contributed by atoms with Crippen LogP contribution in [-0.2, 0) is 16.0 Å². The Bertz CT molecular complexity index is 817. The van der Waals surface area contributed by atoms with Crippen molar-refractivity contribution in [1.82, 2.24) is 19.9 Å². The Hall–Kier alpha value is -3.03. The molecule has 25 heavy (non-hydrogen) atoms. The van der Waals surface area contributed by atoms with E-state index < -0.39 is 17.4 Å². The number of carboxylic acids is 1. The van der Waals surface area contributed by atoms with E-state index in [0.717, 1.165) is 0 Å². The summed E-state index contributed by atoms with van der Waals surface area (Å²) < 4.78 is 0. The number of nitrogens with zero attached hydrogens (tertiary/aromatic N) is 3. The highest BCUT2D eigenvalue weighted by molar-refractivity contribution is 5.83. The van der Waals surface area contributed by atoms with Gasteiger partial charge in [-0.05, 0) is 25.5 Å². The Balaban J connectivity index is 2.26. The lowest BCUT2D eigenvalue weighted by molar-refractivity contribution is -0.144. The van der Waals surface area contributed by atoms with Gasteiger partial charge in [-0.3, -0.25) is 19.4 Å². The van der Waals surface area contributed by atoms with Crippen LogP contribution in [-0.4, -0.2) is 49.9 Å². The second-order valence-corrected chi connectivity index (χ2v) is 5.60. The lowest BCUT2D eigenvalue weighted by Crippen LogP contribution is -2.38. The number of rotatable bonds is 7. The lowest BCUT2D eigenvalue weighted by Gasteiger charge is -2.20. The molecule has 2 N–H and O–H groups in total. The van der Waals surface area contributed by atoms with Gasteiger partial charge in [-0.1, -0.05) is 6.92 Å². The van der Waals surface area contributed by atoms with E-state index in [1.54, 1.807) is 31.5 Å². The van der Waals surface area contributed by atoms with Crippen LogP contribution in [0.15, 0.2) is 29.3 Å². The Morgan fingerprint density at radius 3 is 2.52 bits per heavy atom. The number of carbonyl (C=O) groups is 2. The predicted molar refractivity (Wildman–Crippen MR) is 91.0 cm³/mol. The molecular formula is C17H20N4O4. The average Bonchev–Trinajstić information content (AvgIpc) is 2.57. The SMILES string of the molecule is CCCN(CC(=O)O)C(=O)Cc1c(C)nc(-c2ccncc2)[nH]c1=O. The summed E-state index contributed by atoms with van der Waals surface area (Å²) >= 11 is 0. The molecule has 8 heteroatoms. The molecule has 0 saturated carbocycles. The molecule has 0 radical (unpaired) electrons. The van der Waals surface area contributed by atoms with E-state index in [-0.39, 0.29) is 18.5 Å². The van der Waals surface area contributed by atoms with Crippen LogP contribution in [0, 0.1) is 6.92 Å². The van der Waals surface area contributed by atoms with Crippen molar-refractivity contribution in [3.8, 4) is 11.4 Å². The Kier molecular flexibility index (Phi) is 5.99. The first-order valence-electron chi connectivity index (χ1n) is 7.92. The summed E-state index contributed by atoms with van der Waals surface area (Å²) in [4.78, 5) is 47.8. The van der Waals surface area contributed by atoms with E-state index in [1.165, 1.54) is 4.90 Å². The monoisotopic (exact) mass is 344 g/mol. The molecule has 2 rings (SSSR count). The van der Waals surface area contributed by atoms with Crippen LogP contribution in [0.2, 0.25) is 0 Å². The molecule has 132 valence electrons. The number of nitrogens with one attached hydrogen (secondary N) is 1. The average molecular weight is 344 g/mol. The number of hydrogen-bond donors (Lipinski definition) is 2. The molecule has 1 amide bonds. The number of H-pyrrole nitrogens is 1. The number of hydrogen-bond acceptors (Lipinski definition) is 5. The number of aromatic amines is 1. The molecule has 2 heterocycles. The van der Waals surface area contributed by atoms with Crippen LogP contribution in [0.3, 0.4) is 0 Å². The summed E-state index contributed by atoms with van der Waals surface area (Å²) in [5.41, 5.74) is 0.996. The minimum absolute atomic E-state index is 0.182. The van der Waals surface area contributed by atoms with Crippen LogP contribution in [0.25, 0.3) is 11.4 Å². The second kappa shape index (κ2) is 8.18. The van der Waals surface area contributed by atoms with Gasteiger partial charge in [0, 0.05) is 35.8 Å². The number of aliphatic carboxylic acids is 1. The first-order chi connectivity index (χ1) is 11.9. The van der Waals surface area contributed by atoms with E-state index in [4.69, 9.17) is 5.11 Å². The third-order valence-electron chi connectivity index (χ3n) is 3.68. The van der Waals surface area contributed by atoms with E-state index in [1.807, 2.05) is 6.92 Å². The molecule has 2 aromatic heterocycles. The highest BCUT2D eigenvalue weighted by atomic mass is 16.4. The maximum atomic E-state index is 12.4. The zero-order valence-corrected chi connectivity index (χ0v) is 14.2. The highest BCUT2D eigenvalue weighted by Gasteiger charge is 2.20. The molecule has 0 atom stereocenters. The Morgan fingerprint density at radius 1 is 1.28 bits per heavy atom. The molecule has 0 fully saturated rings. The third kappa shape index (κ3) is 4.72. The second-order valence-electron chi connectivity index (χ2n) is 5.60. The first-order valence-corrected chi connectivity index (χ1v) is 7.92. The van der Waals surface area contributed by atoms with E-state index in [9.17, 15) is 14.4 Å². The molecule has 0 aliphatic rings. The summed E-state index contributed by atoms with van der Waals surface area (Å²) in [5, 5.41) is 8.92. The van der Waals surface area contributed by atoms with Crippen LogP contribution in [0.5, 0.6) is 0 Å². The van der Waals surface area contributed by atoms with Gasteiger partial charge < -0.3 is 15.0 Å². The molecule has 8 nitrogen and oxygen atoms in total. The van der Waals surface area contributed by atoms with Crippen molar-refractivity contribution in [1.29, 1.82) is 0 Å². The molecule has 0 bridgehead atoms. The topological polar surface area (TPSA) is 116 Å². The zero-order valence-electron chi connectivity index (χ0n) is 14.2. The van der Waals surface area contributed by atoms with Gasteiger partial charge in [-0.15, -0.1) is 0 Å². The van der Waals surface area contributed by atoms with Gasteiger partial charge in [0.1, 0.15) is 12.4 Å². The van der Waals surface area contributed by atoms with Gasteiger partial charge >= 0.3 is 5.97 Å². The van der Waals surface area contributed by atoms with Crippen LogP contribution in [0.4, 0.5) is 0 Å². The van der Waals surface area contributed by atoms with Crippen LogP contribution >= 0.6 is 0 Å². The first kappa shape index (κ1) is 18.3. The minimum atomic E-state index is -1.08. The standard InChI is InChI=1S/C17H20N4O4/c1-3-8-21(10-15(23)24)14(22)9-13-11(2)19-16(20-17(13)25)12-4-6-18-7-5-12/h4-7H,3,8-10H2,1-2H3,(H,23,24)(H,19,20,25). The summed E-state index contributed by atoms with van der Waals surface area (Å²) in [6.45, 7) is 3.45. The molecular weight excluding hydrogens is 324 g/mol. The van der Waals surface area contributed by atoms with Crippen molar-refractivity contribution in [3.63, 3.8) is 0 Å². The van der Waals surface area contributed by atoms with Gasteiger partial charge in [0.15, 0.2) is 0 Å². The Labute approximate surface area is 144 Å². The fourth-order valence-electron chi connectivity index (χ4n) is 2.45. The molecule has 2 aromatic rings. The largest absolute Gasteiger partial charge is 0.480 e. The summed E-state index contributed by atoms with van der Waals surface area (Å²) in [6, 6.07) is 3.44. The van der Waals surface area contributed by atoms with E-state index in [0.29, 0.717) is 30.0 Å².